The van der Waals surface area contributed by atoms with E-state index in [1.165, 1.54) is 38.1 Å². The molecule has 74 heavy (non-hydrogen) atoms. The predicted octanol–water partition coefficient (Wildman–Crippen LogP) is -1.38. The standard InChI is InChI=1S/C50H68N12O10S2/c1-27(52)41-49(71)57-38(21-29-11-5-4-6-12-29)46(68)62-42(28(2)63)50(72)58-37(22-30-16-18-33(64)19-17-30)45(67)60-39(47(69)56-35(43(53)65)15-9-10-20-51)25-73-74-26-40(48(70)61-41)59-44(66)36(54-3)24-32-23-31-13-7-8-14-34(31)55-32/h4-8,11-14,16-19,23,27-28,35-42,54-55,63-64H,9-10,15,20-22,24-26,51-52H2,1-3H3,(H2,53,65)(H,56,69)(H,57,71)(H,58,72)(H,59,66)(H,60,67)(H,61,70)(H,62,68). The third-order valence-electron chi connectivity index (χ3n) is 12.2. The van der Waals surface area contributed by atoms with Gasteiger partial charge in [0.25, 0.3) is 0 Å². The molecule has 0 aliphatic carbocycles. The number of primary amides is 1. The van der Waals surface area contributed by atoms with Gasteiger partial charge in [-0.15, -0.1) is 0 Å². The van der Waals surface area contributed by atoms with Crippen LogP contribution in [0.15, 0.2) is 84.9 Å². The van der Waals surface area contributed by atoms with Gasteiger partial charge in [0.05, 0.1) is 12.1 Å². The molecule has 0 spiro atoms. The SMILES string of the molecule is CNC(Cc1cc2ccccc2[nH]1)C(=O)NC1CSSCC(C(=O)NC(CCCCN)C(N)=O)NC(=O)C(Cc2ccc(O)cc2)NC(=O)C(C(C)O)NC(=O)C(Cc2ccccc2)NC(=O)C(C(C)N)NC1=O. The molecule has 0 radical (unpaired) electrons. The summed E-state index contributed by atoms with van der Waals surface area (Å²) in [6.45, 7) is 3.03. The maximum absolute atomic E-state index is 14.5. The van der Waals surface area contributed by atoms with Crippen LogP contribution < -0.4 is 59.7 Å². The number of carbonyl (C=O) groups is 8. The predicted molar refractivity (Wildman–Crippen MR) is 283 cm³/mol. The van der Waals surface area contributed by atoms with Gasteiger partial charge < -0.3 is 74.9 Å². The molecule has 1 aliphatic heterocycles. The van der Waals surface area contributed by atoms with Crippen LogP contribution in [0.2, 0.25) is 0 Å². The van der Waals surface area contributed by atoms with Gasteiger partial charge in [-0.25, -0.2) is 0 Å². The first-order valence-corrected chi connectivity index (χ1v) is 26.7. The summed E-state index contributed by atoms with van der Waals surface area (Å²) in [6, 6.07) is 11.9. The summed E-state index contributed by atoms with van der Waals surface area (Å²) < 4.78 is 0. The number of para-hydroxylation sites is 1. The molecule has 10 unspecified atom stereocenters. The number of phenols is 1. The minimum absolute atomic E-state index is 0.0760. The molecule has 4 aromatic rings. The fourth-order valence-electron chi connectivity index (χ4n) is 7.99. The van der Waals surface area contributed by atoms with Crippen LogP contribution in [0.1, 0.15) is 49.9 Å². The maximum atomic E-state index is 14.5. The minimum Gasteiger partial charge on any atom is -0.508 e. The number of phenolic OH excluding ortho intramolecular Hbond substituents is 1. The maximum Gasteiger partial charge on any atom is 0.245 e. The fraction of sp³-hybridized carbons (Fsp3) is 0.440. The van der Waals surface area contributed by atoms with Crippen LogP contribution in [-0.2, 0) is 57.6 Å². The number of unbranched alkanes of at least 4 members (excludes halogenated alkanes) is 1. The fourth-order valence-corrected chi connectivity index (χ4v) is 10.3. The summed E-state index contributed by atoms with van der Waals surface area (Å²) in [5.74, 6) is -7.21. The highest BCUT2D eigenvalue weighted by Crippen LogP contribution is 2.24. The Kier molecular flexibility index (Phi) is 22.5. The van der Waals surface area contributed by atoms with E-state index in [9.17, 15) is 48.6 Å². The second-order valence-electron chi connectivity index (χ2n) is 18.1. The lowest BCUT2D eigenvalue weighted by molar-refractivity contribution is -0.137. The third kappa shape index (κ3) is 17.5. The molecule has 1 aromatic heterocycles. The molecule has 8 amide bonds. The molecule has 1 saturated heterocycles. The molecule has 5 rings (SSSR count). The van der Waals surface area contributed by atoms with Crippen LogP contribution in [0.4, 0.5) is 0 Å². The Morgan fingerprint density at radius 1 is 0.730 bits per heavy atom. The van der Waals surface area contributed by atoms with Crippen molar-refractivity contribution in [1.82, 2.24) is 47.5 Å². The molecule has 400 valence electrons. The number of rotatable bonds is 18. The number of aromatic nitrogens is 1. The lowest BCUT2D eigenvalue weighted by Gasteiger charge is -2.30. The monoisotopic (exact) mass is 1060 g/mol. The highest BCUT2D eigenvalue weighted by atomic mass is 33.1. The average Bonchev–Trinajstić information content (AvgIpc) is 3.79. The van der Waals surface area contributed by atoms with Crippen LogP contribution in [0, 0.1) is 0 Å². The van der Waals surface area contributed by atoms with Crippen molar-refractivity contribution >= 4 is 79.7 Å². The molecule has 0 saturated carbocycles. The first-order chi connectivity index (χ1) is 35.4. The van der Waals surface area contributed by atoms with Crippen LogP contribution in [-0.4, -0.2) is 148 Å². The van der Waals surface area contributed by atoms with Crippen molar-refractivity contribution in [1.29, 1.82) is 0 Å². The number of aliphatic hydroxyl groups is 1. The summed E-state index contributed by atoms with van der Waals surface area (Å²) in [4.78, 5) is 116. The molecular weight excluding hydrogens is 993 g/mol. The number of aromatic hydroxyl groups is 1. The number of hydrogen-bond acceptors (Lipinski definition) is 15. The second kappa shape index (κ2) is 28.7. The molecule has 1 aliphatic rings. The third-order valence-corrected chi connectivity index (χ3v) is 14.6. The Labute approximate surface area is 436 Å². The molecule has 22 nitrogen and oxygen atoms in total. The first-order valence-electron chi connectivity index (χ1n) is 24.2. The van der Waals surface area contributed by atoms with Crippen molar-refractivity contribution in [3.63, 3.8) is 0 Å². The first kappa shape index (κ1) is 58.2. The van der Waals surface area contributed by atoms with E-state index in [2.05, 4.69) is 47.5 Å². The van der Waals surface area contributed by atoms with Gasteiger partial charge in [-0.2, -0.15) is 0 Å². The number of likely N-dealkylation sites (N-methyl/N-ethyl adjacent to an activating group) is 1. The van der Waals surface area contributed by atoms with E-state index in [4.69, 9.17) is 17.2 Å². The van der Waals surface area contributed by atoms with E-state index in [1.54, 1.807) is 37.4 Å². The zero-order valence-electron chi connectivity index (χ0n) is 41.4. The van der Waals surface area contributed by atoms with Gasteiger partial charge >= 0.3 is 0 Å². The summed E-state index contributed by atoms with van der Waals surface area (Å²) in [5, 5.41) is 43.4. The number of hydrogen-bond donors (Lipinski definition) is 14. The van der Waals surface area contributed by atoms with Crippen LogP contribution >= 0.6 is 21.6 Å². The molecule has 3 aromatic carbocycles. The molecule has 0 bridgehead atoms. The van der Waals surface area contributed by atoms with E-state index >= 15 is 0 Å². The zero-order chi connectivity index (χ0) is 53.9. The summed E-state index contributed by atoms with van der Waals surface area (Å²) in [6.07, 6.45) is -0.603. The molecule has 2 heterocycles. The number of carbonyl (C=O) groups excluding carboxylic acids is 8. The highest BCUT2D eigenvalue weighted by Gasteiger charge is 2.37. The normalized spacial score (nSPS) is 22.3. The van der Waals surface area contributed by atoms with Crippen molar-refractivity contribution in [2.45, 2.75) is 113 Å². The van der Waals surface area contributed by atoms with Crippen molar-refractivity contribution in [3.8, 4) is 5.75 Å². The average molecular weight is 1060 g/mol. The van der Waals surface area contributed by atoms with Crippen LogP contribution in [0.5, 0.6) is 5.75 Å². The molecule has 10 atom stereocenters. The van der Waals surface area contributed by atoms with Crippen molar-refractivity contribution in [2.75, 3.05) is 25.1 Å². The lowest BCUT2D eigenvalue weighted by Crippen LogP contribution is -2.64. The van der Waals surface area contributed by atoms with Gasteiger partial charge in [-0.05, 0) is 87.5 Å². The van der Waals surface area contributed by atoms with Crippen molar-refractivity contribution < 1.29 is 48.6 Å². The van der Waals surface area contributed by atoms with Gasteiger partial charge in [0.1, 0.15) is 48.0 Å². The quantitative estimate of drug-likeness (QED) is 0.0404. The van der Waals surface area contributed by atoms with Crippen molar-refractivity contribution in [2.24, 2.45) is 17.2 Å². The van der Waals surface area contributed by atoms with Crippen molar-refractivity contribution in [3.05, 3.63) is 102 Å². The summed E-state index contributed by atoms with van der Waals surface area (Å²) in [7, 11) is 3.66. The number of nitrogens with two attached hydrogens (primary N) is 3. The zero-order valence-corrected chi connectivity index (χ0v) is 43.1. The largest absolute Gasteiger partial charge is 0.508 e. The van der Waals surface area contributed by atoms with E-state index in [-0.39, 0.29) is 42.9 Å². The lowest BCUT2D eigenvalue weighted by atomic mass is 10.0. The van der Waals surface area contributed by atoms with Crippen LogP contribution in [0.25, 0.3) is 10.9 Å². The number of aromatic amines is 1. The number of benzene rings is 3. The number of amides is 8. The molecule has 1 fully saturated rings. The van der Waals surface area contributed by atoms with Gasteiger partial charge in [-0.1, -0.05) is 82.3 Å². The number of H-pyrrole nitrogens is 1. The van der Waals surface area contributed by atoms with E-state index in [0.717, 1.165) is 38.2 Å². The Morgan fingerprint density at radius 3 is 1.93 bits per heavy atom. The summed E-state index contributed by atoms with van der Waals surface area (Å²) in [5.41, 5.74) is 20.3. The Morgan fingerprint density at radius 2 is 1.32 bits per heavy atom. The number of fused-ring (bicyclic) bond motifs is 1. The highest BCUT2D eigenvalue weighted by molar-refractivity contribution is 8.76. The van der Waals surface area contributed by atoms with E-state index < -0.39 is 108 Å². The second-order valence-corrected chi connectivity index (χ2v) is 20.7. The van der Waals surface area contributed by atoms with Gasteiger partial charge in [0.2, 0.25) is 47.3 Å². The smallest absolute Gasteiger partial charge is 0.245 e. The Bertz CT molecular complexity index is 2520. The Hall–Kier alpha value is -6.70. The van der Waals surface area contributed by atoms with E-state index in [0.29, 0.717) is 30.5 Å². The molecule has 24 heteroatoms. The van der Waals surface area contributed by atoms with Gasteiger partial charge in [0.15, 0.2) is 0 Å². The van der Waals surface area contributed by atoms with Gasteiger partial charge in [-0.3, -0.25) is 38.4 Å². The van der Waals surface area contributed by atoms with Crippen LogP contribution in [0.3, 0.4) is 0 Å². The minimum atomic E-state index is -1.72. The molecule has 17 N–H and O–H groups in total. The number of nitrogens with one attached hydrogen (secondary N) is 9. The number of aliphatic hydroxyl groups excluding tert-OH is 1. The topological polar surface area (TPSA) is 367 Å². The summed E-state index contributed by atoms with van der Waals surface area (Å²) >= 11 is 0. The Balaban J connectivity index is 1.54. The van der Waals surface area contributed by atoms with E-state index in [1.807, 2.05) is 30.3 Å². The van der Waals surface area contributed by atoms with Gasteiger partial charge in [0, 0.05) is 48.0 Å². The molecular formula is C50H68N12O10S2.